The first-order valence-electron chi connectivity index (χ1n) is 13.0. The monoisotopic (exact) mass is 497 g/mol. The largest absolute Gasteiger partial charge is 0.349 e. The fraction of sp³-hybridized carbons (Fsp3) is 0.483. The number of nitriles is 2. The summed E-state index contributed by atoms with van der Waals surface area (Å²) < 4.78 is 1.48. The van der Waals surface area contributed by atoms with E-state index in [0.717, 1.165) is 24.9 Å². The Morgan fingerprint density at radius 2 is 1.78 bits per heavy atom. The van der Waals surface area contributed by atoms with Gasteiger partial charge in [-0.1, -0.05) is 38.1 Å². The predicted octanol–water partition coefficient (Wildman–Crippen LogP) is 4.44. The van der Waals surface area contributed by atoms with Gasteiger partial charge in [0.05, 0.1) is 17.0 Å². The molecule has 0 aliphatic carbocycles. The van der Waals surface area contributed by atoms with E-state index in [1.165, 1.54) is 10.1 Å². The maximum atomic E-state index is 12.7. The Morgan fingerprint density at radius 1 is 1.08 bits per heavy atom. The van der Waals surface area contributed by atoms with Crippen LogP contribution in [0.2, 0.25) is 0 Å². The number of hydrogen-bond acceptors (Lipinski definition) is 7. The molecule has 1 aliphatic heterocycles. The molecule has 2 aromatic heterocycles. The lowest BCUT2D eigenvalue weighted by Gasteiger charge is -2.49. The van der Waals surface area contributed by atoms with Gasteiger partial charge in [-0.25, -0.2) is 9.78 Å². The van der Waals surface area contributed by atoms with Crippen molar-refractivity contribution < 1.29 is 0 Å². The number of hydrogen-bond donors (Lipinski definition) is 0. The molecular weight excluding hydrogens is 462 g/mol. The molecule has 1 aromatic carbocycles. The zero-order valence-electron chi connectivity index (χ0n) is 22.6. The number of benzene rings is 1. The summed E-state index contributed by atoms with van der Waals surface area (Å²) in [5.41, 5.74) is 2.98. The van der Waals surface area contributed by atoms with Gasteiger partial charge in [0.25, 0.3) is 0 Å². The van der Waals surface area contributed by atoms with Crippen LogP contribution in [0, 0.1) is 22.7 Å². The number of anilines is 1. The van der Waals surface area contributed by atoms with Crippen LogP contribution in [-0.4, -0.2) is 44.6 Å². The molecule has 8 heteroatoms. The lowest BCUT2D eigenvalue weighted by molar-refractivity contribution is 0.0939. The molecule has 192 valence electrons. The Hall–Kier alpha value is -3.75. The van der Waals surface area contributed by atoms with Crippen molar-refractivity contribution in [1.82, 2.24) is 19.4 Å². The summed E-state index contributed by atoms with van der Waals surface area (Å²) in [4.78, 5) is 26.5. The minimum atomic E-state index is -0.520. The molecule has 0 spiro atoms. The van der Waals surface area contributed by atoms with Crippen LogP contribution in [-0.2, 0) is 12.5 Å². The molecule has 0 radical (unpaired) electrons. The van der Waals surface area contributed by atoms with Gasteiger partial charge in [0.15, 0.2) is 5.82 Å². The number of nitrogens with zero attached hydrogens (tertiary/aromatic N) is 7. The Bertz CT molecular complexity index is 1430. The van der Waals surface area contributed by atoms with Gasteiger partial charge in [0.1, 0.15) is 17.3 Å². The smallest absolute Gasteiger partial charge is 0.349 e. The number of aromatic nitrogens is 3. The summed E-state index contributed by atoms with van der Waals surface area (Å²) >= 11 is 0. The fourth-order valence-electron chi connectivity index (χ4n) is 5.42. The van der Waals surface area contributed by atoms with Crippen molar-refractivity contribution in [1.29, 1.82) is 10.5 Å². The fourth-order valence-corrected chi connectivity index (χ4v) is 5.42. The van der Waals surface area contributed by atoms with Crippen LogP contribution >= 0.6 is 0 Å². The van der Waals surface area contributed by atoms with Gasteiger partial charge in [0, 0.05) is 38.3 Å². The molecular formula is C29H35N7O. The van der Waals surface area contributed by atoms with E-state index in [4.69, 9.17) is 0 Å². The number of rotatable bonds is 6. The van der Waals surface area contributed by atoms with Crippen LogP contribution < -0.4 is 10.6 Å². The summed E-state index contributed by atoms with van der Waals surface area (Å²) in [6, 6.07) is 17.0. The summed E-state index contributed by atoms with van der Waals surface area (Å²) in [6.45, 7) is 12.0. The maximum Gasteiger partial charge on any atom is 0.349 e. The molecule has 1 aliphatic rings. The first kappa shape index (κ1) is 26.3. The van der Waals surface area contributed by atoms with E-state index in [1.54, 1.807) is 19.2 Å². The van der Waals surface area contributed by atoms with Crippen LogP contribution in [0.15, 0.2) is 41.2 Å². The molecule has 0 amide bonds. The van der Waals surface area contributed by atoms with Gasteiger partial charge in [0.2, 0.25) is 0 Å². The Labute approximate surface area is 218 Å². The van der Waals surface area contributed by atoms with E-state index < -0.39 is 5.41 Å². The third-order valence-electron chi connectivity index (χ3n) is 7.76. The molecule has 1 saturated heterocycles. The Balaban J connectivity index is 1.69. The van der Waals surface area contributed by atoms with Gasteiger partial charge < -0.3 is 4.90 Å². The van der Waals surface area contributed by atoms with E-state index in [9.17, 15) is 15.3 Å². The number of aryl methyl sites for hydroxylation is 1. The second-order valence-electron chi connectivity index (χ2n) is 10.5. The Kier molecular flexibility index (Phi) is 7.34. The third-order valence-corrected chi connectivity index (χ3v) is 7.76. The summed E-state index contributed by atoms with van der Waals surface area (Å²) in [5, 5.41) is 18.9. The topological polar surface area (TPSA) is 102 Å². The predicted molar refractivity (Wildman–Crippen MR) is 145 cm³/mol. The minimum absolute atomic E-state index is 0.0870. The molecule has 0 bridgehead atoms. The van der Waals surface area contributed by atoms with E-state index in [0.29, 0.717) is 29.1 Å². The zero-order valence-corrected chi connectivity index (χ0v) is 22.6. The van der Waals surface area contributed by atoms with Crippen LogP contribution in [0.4, 0.5) is 5.82 Å². The van der Waals surface area contributed by atoms with E-state index >= 15 is 0 Å². The standard InChI is InChI=1S/C29H35N7O/c1-7-23-17-35(27-26-25(34(6)28(37)33-27)14-13-22(15-30)32-26)19(3)16-36(23)24(8-2)20-9-11-21(12-10-20)29(4,5)18-31/h9-14,19,23-24H,7-8,16-17H2,1-6H3/t19-,23+,24?/m0/s1. The zero-order chi connectivity index (χ0) is 26.9. The molecule has 1 fully saturated rings. The first-order valence-corrected chi connectivity index (χ1v) is 13.0. The van der Waals surface area contributed by atoms with Crippen molar-refractivity contribution in [2.24, 2.45) is 7.05 Å². The molecule has 3 heterocycles. The van der Waals surface area contributed by atoms with E-state index in [2.05, 4.69) is 76.9 Å². The van der Waals surface area contributed by atoms with Crippen molar-refractivity contribution in [3.05, 3.63) is 63.7 Å². The molecule has 4 rings (SSSR count). The second-order valence-corrected chi connectivity index (χ2v) is 10.5. The van der Waals surface area contributed by atoms with Gasteiger partial charge in [-0.05, 0) is 56.9 Å². The minimum Gasteiger partial charge on any atom is -0.349 e. The highest BCUT2D eigenvalue weighted by Crippen LogP contribution is 2.35. The van der Waals surface area contributed by atoms with E-state index in [-0.39, 0.29) is 23.8 Å². The van der Waals surface area contributed by atoms with Crippen LogP contribution in [0.5, 0.6) is 0 Å². The summed E-state index contributed by atoms with van der Waals surface area (Å²) in [5.74, 6) is 0.553. The number of piperazine rings is 1. The van der Waals surface area contributed by atoms with Crippen LogP contribution in [0.3, 0.4) is 0 Å². The van der Waals surface area contributed by atoms with Gasteiger partial charge in [-0.2, -0.15) is 15.5 Å². The molecule has 37 heavy (non-hydrogen) atoms. The molecule has 1 unspecified atom stereocenters. The molecule has 3 atom stereocenters. The highest BCUT2D eigenvalue weighted by molar-refractivity contribution is 5.86. The number of pyridine rings is 1. The average molecular weight is 498 g/mol. The second kappa shape index (κ2) is 10.3. The maximum absolute atomic E-state index is 12.7. The summed E-state index contributed by atoms with van der Waals surface area (Å²) in [7, 11) is 1.68. The van der Waals surface area contributed by atoms with E-state index in [1.807, 2.05) is 13.8 Å². The lowest BCUT2D eigenvalue weighted by Crippen LogP contribution is -2.58. The molecule has 3 aromatic rings. The van der Waals surface area contributed by atoms with Gasteiger partial charge in [-0.15, -0.1) is 0 Å². The van der Waals surface area contributed by atoms with Gasteiger partial charge >= 0.3 is 5.69 Å². The summed E-state index contributed by atoms with van der Waals surface area (Å²) in [6.07, 6.45) is 1.91. The lowest BCUT2D eigenvalue weighted by atomic mass is 9.85. The van der Waals surface area contributed by atoms with Crippen molar-refractivity contribution in [3.8, 4) is 12.1 Å². The quantitative estimate of drug-likeness (QED) is 0.496. The average Bonchev–Trinajstić information content (AvgIpc) is 2.91. The molecule has 0 saturated carbocycles. The normalized spacial score (nSPS) is 19.4. The molecule has 0 N–H and O–H groups in total. The van der Waals surface area contributed by atoms with Gasteiger partial charge in [-0.3, -0.25) is 9.47 Å². The highest BCUT2D eigenvalue weighted by Gasteiger charge is 2.36. The van der Waals surface area contributed by atoms with Crippen molar-refractivity contribution in [3.63, 3.8) is 0 Å². The highest BCUT2D eigenvalue weighted by atomic mass is 16.1. The third kappa shape index (κ3) is 4.82. The van der Waals surface area contributed by atoms with Crippen LogP contribution in [0.25, 0.3) is 11.0 Å². The number of fused-ring (bicyclic) bond motifs is 1. The van der Waals surface area contributed by atoms with Crippen molar-refractivity contribution >= 4 is 16.9 Å². The first-order chi connectivity index (χ1) is 17.6. The molecule has 8 nitrogen and oxygen atoms in total. The van der Waals surface area contributed by atoms with Crippen molar-refractivity contribution in [2.45, 2.75) is 71.0 Å². The van der Waals surface area contributed by atoms with Crippen molar-refractivity contribution in [2.75, 3.05) is 18.0 Å². The Morgan fingerprint density at radius 3 is 2.38 bits per heavy atom. The SMILES string of the molecule is CCC(c1ccc(C(C)(C)C#N)cc1)N1C[C@H](C)N(c2nc(=O)n(C)c3ccc(C#N)nc23)C[C@H]1CC. The van der Waals surface area contributed by atoms with Crippen LogP contribution in [0.1, 0.15) is 70.3 Å².